The van der Waals surface area contributed by atoms with Crippen LogP contribution in [-0.2, 0) is 73.3 Å². The summed E-state index contributed by atoms with van der Waals surface area (Å²) in [6.45, 7) is 25.6. The number of hydrogen-bond acceptors (Lipinski definition) is 21. The topological polar surface area (TPSA) is 511 Å². The third-order valence-electron chi connectivity index (χ3n) is 15.1. The Balaban J connectivity index is 3.01. The predicted octanol–water partition coefficient (Wildman–Crippen LogP) is 0.487. The van der Waals surface area contributed by atoms with Gasteiger partial charge in [-0.05, 0) is 153 Å². The number of carbonyl (C=O) groups is 14. The number of amides is 14. The Labute approximate surface area is 615 Å². The van der Waals surface area contributed by atoms with E-state index in [1.165, 1.54) is 6.92 Å². The largest absolute Gasteiger partial charge is 0.444 e. The van der Waals surface area contributed by atoms with Crippen molar-refractivity contribution in [1.82, 2.24) is 74.4 Å². The number of carbonyl (C=O) groups excluding carboxylic acids is 14. The Hall–Kier alpha value is -9.12. The molecule has 0 radical (unpaired) electrons. The lowest BCUT2D eigenvalue weighted by atomic mass is 10.00. The van der Waals surface area contributed by atoms with Gasteiger partial charge in [0.2, 0.25) is 59.1 Å². The zero-order chi connectivity index (χ0) is 79.7. The van der Waals surface area contributed by atoms with Gasteiger partial charge in [0.15, 0.2) is 0 Å². The van der Waals surface area contributed by atoms with Crippen LogP contribution in [0.15, 0.2) is 30.3 Å². The third-order valence-corrected chi connectivity index (χ3v) is 15.1. The van der Waals surface area contributed by atoms with Gasteiger partial charge in [-0.25, -0.2) is 19.2 Å². The Morgan fingerprint density at radius 1 is 0.495 bits per heavy atom. The molecule has 35 nitrogen and oxygen atoms in total. The molecule has 0 spiro atoms. The van der Waals surface area contributed by atoms with Gasteiger partial charge in [0.05, 0.1) is 18.2 Å². The van der Waals surface area contributed by atoms with Gasteiger partial charge in [-0.15, -0.1) is 0 Å². The molecule has 0 bridgehead atoms. The quantitative estimate of drug-likeness (QED) is 0.0508. The Bertz CT molecular complexity index is 3060. The third kappa shape index (κ3) is 37.9. The van der Waals surface area contributed by atoms with Crippen molar-refractivity contribution in [3.8, 4) is 0 Å². The molecular weight excluding hydrogens is 1370 g/mol. The van der Waals surface area contributed by atoms with Gasteiger partial charge in [-0.2, -0.15) is 0 Å². The SMILES string of the molecule is CCC[C@@H]1NC(=O)[C@H](CCNC(=O)OC(C)(C)C)NC(=O)[C@H](CC(C)C)NC(=O)[C@@H](Cc2ccccc2)NC(=O)[C@H](CCNC(=O)OC(C)(C)C)NC(=O)[C@@H](NC(=O)[C@H](CCNC(=O)OC(C)(C)C)NC(=O)[C@@H](NC(=O)[C@@H](N)CCNC(=O)OC(C)(C)C)[C@H](O)CCC)CCNC(=O)[C@H]([C@@H](C)O)NC1=O. The van der Waals surface area contributed by atoms with Crippen molar-refractivity contribution in [2.75, 3.05) is 32.7 Å². The van der Waals surface area contributed by atoms with E-state index < -0.39 is 217 Å². The molecule has 12 atom stereocenters. The molecule has 0 aromatic heterocycles. The van der Waals surface area contributed by atoms with Gasteiger partial charge >= 0.3 is 24.4 Å². The molecule has 1 fully saturated rings. The van der Waals surface area contributed by atoms with E-state index in [4.69, 9.17) is 24.7 Å². The van der Waals surface area contributed by atoms with Crippen LogP contribution in [0.25, 0.3) is 0 Å². The van der Waals surface area contributed by atoms with E-state index in [-0.39, 0.29) is 70.4 Å². The molecule has 0 saturated carbocycles. The van der Waals surface area contributed by atoms with Gasteiger partial charge < -0.3 is 109 Å². The summed E-state index contributed by atoms with van der Waals surface area (Å²) in [7, 11) is 0. The van der Waals surface area contributed by atoms with Crippen molar-refractivity contribution in [3.05, 3.63) is 35.9 Å². The van der Waals surface area contributed by atoms with Crippen LogP contribution in [0.4, 0.5) is 19.2 Å². The van der Waals surface area contributed by atoms with Gasteiger partial charge in [-0.3, -0.25) is 47.9 Å². The summed E-state index contributed by atoms with van der Waals surface area (Å²) < 4.78 is 21.4. The van der Waals surface area contributed by atoms with E-state index in [1.807, 2.05) is 0 Å². The molecule has 1 aliphatic heterocycles. The second-order valence-electron chi connectivity index (χ2n) is 30.2. The molecule has 0 unspecified atom stereocenters. The zero-order valence-corrected chi connectivity index (χ0v) is 64.0. The summed E-state index contributed by atoms with van der Waals surface area (Å²) in [4.78, 5) is 198. The number of aliphatic hydroxyl groups excluding tert-OH is 2. The lowest BCUT2D eigenvalue weighted by Crippen LogP contribution is -2.62. The fraction of sp³-hybridized carbons (Fsp3) is 0.714. The molecular formula is C70H119N15O20. The highest BCUT2D eigenvalue weighted by Crippen LogP contribution is 2.15. The number of rotatable bonds is 28. The normalized spacial score (nSPS) is 20.8. The second-order valence-corrected chi connectivity index (χ2v) is 30.2. The highest BCUT2D eigenvalue weighted by molar-refractivity contribution is 5.99. The Morgan fingerprint density at radius 3 is 1.37 bits per heavy atom. The molecule has 35 heteroatoms. The van der Waals surface area contributed by atoms with Gasteiger partial charge in [0, 0.05) is 39.1 Å². The summed E-state index contributed by atoms with van der Waals surface area (Å²) in [5.74, 6) is -10.6. The summed E-state index contributed by atoms with van der Waals surface area (Å²) in [6.07, 6.45) is -8.72. The van der Waals surface area contributed by atoms with Crippen molar-refractivity contribution in [2.24, 2.45) is 11.7 Å². The number of nitrogens with one attached hydrogen (secondary N) is 14. The molecule has 1 aromatic carbocycles. The molecule has 1 aliphatic rings. The number of aliphatic hydroxyl groups is 2. The van der Waals surface area contributed by atoms with E-state index in [0.29, 0.717) is 5.56 Å². The summed E-state index contributed by atoms with van der Waals surface area (Å²) >= 11 is 0. The Morgan fingerprint density at radius 2 is 0.914 bits per heavy atom. The highest BCUT2D eigenvalue weighted by atomic mass is 16.6. The van der Waals surface area contributed by atoms with Crippen molar-refractivity contribution < 1.29 is 96.3 Å². The molecule has 18 N–H and O–H groups in total. The molecule has 105 heavy (non-hydrogen) atoms. The molecule has 14 amide bonds. The summed E-state index contributed by atoms with van der Waals surface area (Å²) in [5.41, 5.74) is 2.94. The summed E-state index contributed by atoms with van der Waals surface area (Å²) in [5, 5.41) is 58.2. The number of benzene rings is 1. The molecule has 0 aliphatic carbocycles. The van der Waals surface area contributed by atoms with E-state index in [2.05, 4.69) is 74.4 Å². The van der Waals surface area contributed by atoms with Crippen molar-refractivity contribution in [2.45, 2.75) is 283 Å². The smallest absolute Gasteiger partial charge is 0.407 e. The second kappa shape index (κ2) is 44.0. The molecule has 1 saturated heterocycles. The van der Waals surface area contributed by atoms with E-state index in [0.717, 1.165) is 0 Å². The van der Waals surface area contributed by atoms with Gasteiger partial charge in [0.1, 0.15) is 76.8 Å². The van der Waals surface area contributed by atoms with Gasteiger partial charge in [0.25, 0.3) is 0 Å². The maximum absolute atomic E-state index is 15.2. The fourth-order valence-electron chi connectivity index (χ4n) is 10.1. The van der Waals surface area contributed by atoms with E-state index >= 15 is 14.4 Å². The van der Waals surface area contributed by atoms with Gasteiger partial charge in [-0.1, -0.05) is 70.9 Å². The van der Waals surface area contributed by atoms with Crippen LogP contribution >= 0.6 is 0 Å². The molecule has 594 valence electrons. The first-order chi connectivity index (χ1) is 48.7. The lowest BCUT2D eigenvalue weighted by Gasteiger charge is -2.29. The van der Waals surface area contributed by atoms with Crippen LogP contribution in [0.1, 0.15) is 187 Å². The Kier molecular flexibility index (Phi) is 38.5. The minimum absolute atomic E-state index is 0.0599. The maximum atomic E-state index is 15.2. The van der Waals surface area contributed by atoms with E-state index in [9.17, 15) is 63.0 Å². The monoisotopic (exact) mass is 1490 g/mol. The number of ether oxygens (including phenoxy) is 4. The number of hydrogen-bond donors (Lipinski definition) is 17. The van der Waals surface area contributed by atoms with Crippen LogP contribution in [0.2, 0.25) is 0 Å². The van der Waals surface area contributed by atoms with Crippen LogP contribution in [0, 0.1) is 5.92 Å². The van der Waals surface area contributed by atoms with Crippen LogP contribution in [0.5, 0.6) is 0 Å². The average Bonchev–Trinajstić information content (AvgIpc) is 1.07. The van der Waals surface area contributed by atoms with Crippen LogP contribution in [-0.4, -0.2) is 221 Å². The maximum Gasteiger partial charge on any atom is 0.407 e. The average molecular weight is 1490 g/mol. The van der Waals surface area contributed by atoms with Crippen molar-refractivity contribution in [3.63, 3.8) is 0 Å². The first-order valence-electron chi connectivity index (χ1n) is 35.8. The molecule has 1 heterocycles. The standard InChI is InChI=1S/C70H119N15O20/c1-18-23-43-58(93)84-51(40(5)86)61(96)72-33-28-44(78-56(91)47(31-36-76-66(101)105-70(15,16)17)81-62(97)52(50(87)24-19-2)85-53(88)42(71)27-32-73-63(98)102-67(6,7)8)55(90)79-46(30-35-75-65(100)104-69(12,13)14)57(92)83-49(38-41-25-21-20-22-26-41)60(95)82-48(37-39(3)4)59(94)80-45(54(89)77-43)29-34-74-64(99)103-68(9,10)11/h20-22,25-26,39-40,42-52,86-87H,18-19,23-24,27-38,71H2,1-17H3,(H,72,96)(H,73,98)(H,74,99)(H,75,100)(H,76,101)(H,77,89)(H,78,91)(H,79,90)(H,80,94)(H,81,97)(H,82,95)(H,83,92)(H,84,93)(H,85,88)/t40-,42+,43+,44+,45+,46+,47+,48+,49-,50-,51+,52+/m1/s1. The lowest BCUT2D eigenvalue weighted by molar-refractivity contribution is -0.136. The molecule has 1 aromatic rings. The minimum atomic E-state index is -1.87. The highest BCUT2D eigenvalue weighted by Gasteiger charge is 2.39. The van der Waals surface area contributed by atoms with Crippen LogP contribution < -0.4 is 80.2 Å². The van der Waals surface area contributed by atoms with Crippen LogP contribution in [0.3, 0.4) is 0 Å². The van der Waals surface area contributed by atoms with Crippen molar-refractivity contribution >= 4 is 83.4 Å². The first kappa shape index (κ1) is 92.0. The predicted molar refractivity (Wildman–Crippen MR) is 385 cm³/mol. The number of alkyl carbamates (subject to hydrolysis) is 4. The van der Waals surface area contributed by atoms with Crippen molar-refractivity contribution in [1.29, 1.82) is 0 Å². The summed E-state index contributed by atoms with van der Waals surface area (Å²) in [6, 6.07) is -8.02. The zero-order valence-electron chi connectivity index (χ0n) is 64.0. The van der Waals surface area contributed by atoms with E-state index in [1.54, 1.807) is 141 Å². The minimum Gasteiger partial charge on any atom is -0.444 e. The first-order valence-corrected chi connectivity index (χ1v) is 35.8. The molecule has 2 rings (SSSR count). The number of nitrogens with two attached hydrogens (primary N) is 1. The fourth-order valence-corrected chi connectivity index (χ4v) is 10.1.